The molecule has 2 unspecified atom stereocenters. The Morgan fingerprint density at radius 3 is 2.32 bits per heavy atom. The average Bonchev–Trinajstić information content (AvgIpc) is 2.83. The molecule has 0 spiro atoms. The van der Waals surface area contributed by atoms with Crippen molar-refractivity contribution in [2.45, 2.75) is 39.2 Å². The first-order valence-electron chi connectivity index (χ1n) is 8.27. The van der Waals surface area contributed by atoms with E-state index in [1.807, 2.05) is 51.2 Å². The zero-order valence-electron chi connectivity index (χ0n) is 15.4. The van der Waals surface area contributed by atoms with Gasteiger partial charge in [-0.2, -0.15) is 5.10 Å². The predicted octanol–water partition coefficient (Wildman–Crippen LogP) is 2.29. The molecular weight excluding hydrogens is 318 g/mol. The molecule has 0 saturated carbocycles. The van der Waals surface area contributed by atoms with E-state index in [4.69, 9.17) is 0 Å². The number of rotatable bonds is 6. The van der Waals surface area contributed by atoms with Crippen LogP contribution in [0.5, 0.6) is 0 Å². The predicted molar refractivity (Wildman–Crippen MR) is 95.4 cm³/mol. The molecule has 1 N–H and O–H groups in total. The Morgan fingerprint density at radius 1 is 1.24 bits per heavy atom. The van der Waals surface area contributed by atoms with Gasteiger partial charge < -0.3 is 10.0 Å². The van der Waals surface area contributed by atoms with Gasteiger partial charge in [0.25, 0.3) is 0 Å². The van der Waals surface area contributed by atoms with E-state index in [0.717, 1.165) is 22.5 Å². The molecule has 0 aliphatic heterocycles. The van der Waals surface area contributed by atoms with E-state index in [1.54, 1.807) is 18.7 Å². The minimum absolute atomic E-state index is 0.220. The topological polar surface area (TPSA) is 75.4 Å². The van der Waals surface area contributed by atoms with Crippen molar-refractivity contribution in [1.82, 2.24) is 14.7 Å². The molecular formula is C19H25N3O3. The van der Waals surface area contributed by atoms with Crippen LogP contribution in [0.25, 0.3) is 0 Å². The van der Waals surface area contributed by atoms with E-state index in [1.165, 1.54) is 4.90 Å². The molecule has 134 valence electrons. The van der Waals surface area contributed by atoms with Gasteiger partial charge in [0.2, 0.25) is 5.91 Å². The molecule has 0 saturated heterocycles. The molecule has 0 aliphatic rings. The van der Waals surface area contributed by atoms with Crippen LogP contribution in [0.15, 0.2) is 30.3 Å². The van der Waals surface area contributed by atoms with Crippen molar-refractivity contribution < 1.29 is 14.7 Å². The van der Waals surface area contributed by atoms with Gasteiger partial charge in [-0.1, -0.05) is 30.3 Å². The lowest BCUT2D eigenvalue weighted by atomic mass is 9.96. The number of aromatic nitrogens is 2. The summed E-state index contributed by atoms with van der Waals surface area (Å²) in [5.41, 5.74) is 3.46. The molecule has 6 heteroatoms. The van der Waals surface area contributed by atoms with Crippen molar-refractivity contribution in [3.05, 3.63) is 52.8 Å². The SMILES string of the molecule is Cc1nn(C)c(C)c1C(C)C(=O)N(C)C(Cc1ccccc1)C(=O)O. The third-order valence-electron chi connectivity index (χ3n) is 4.74. The second kappa shape index (κ2) is 7.51. The van der Waals surface area contributed by atoms with Crippen LogP contribution in [0.1, 0.15) is 35.4 Å². The van der Waals surface area contributed by atoms with Crippen molar-refractivity contribution >= 4 is 11.9 Å². The first kappa shape index (κ1) is 18.7. The fraction of sp³-hybridized carbons (Fsp3) is 0.421. The number of hydrogen-bond donors (Lipinski definition) is 1. The molecule has 1 aromatic heterocycles. The number of hydrogen-bond acceptors (Lipinski definition) is 3. The zero-order chi connectivity index (χ0) is 18.7. The number of aliphatic carboxylic acids is 1. The number of carboxylic acids is 1. The molecule has 6 nitrogen and oxygen atoms in total. The average molecular weight is 343 g/mol. The maximum Gasteiger partial charge on any atom is 0.326 e. The molecule has 2 rings (SSSR count). The number of carbonyl (C=O) groups is 2. The number of likely N-dealkylation sites (N-methyl/N-ethyl adjacent to an activating group) is 1. The Balaban J connectivity index is 2.24. The molecule has 2 aromatic rings. The monoisotopic (exact) mass is 343 g/mol. The highest BCUT2D eigenvalue weighted by Gasteiger charge is 2.32. The highest BCUT2D eigenvalue weighted by Crippen LogP contribution is 2.25. The number of amides is 1. The molecule has 1 amide bonds. The lowest BCUT2D eigenvalue weighted by molar-refractivity contribution is -0.149. The molecule has 0 bridgehead atoms. The van der Waals surface area contributed by atoms with Crippen molar-refractivity contribution in [2.75, 3.05) is 7.05 Å². The van der Waals surface area contributed by atoms with Crippen LogP contribution >= 0.6 is 0 Å². The molecule has 0 fully saturated rings. The van der Waals surface area contributed by atoms with E-state index in [2.05, 4.69) is 5.10 Å². The summed E-state index contributed by atoms with van der Waals surface area (Å²) in [6.07, 6.45) is 0.274. The van der Waals surface area contributed by atoms with E-state index in [9.17, 15) is 14.7 Å². The smallest absolute Gasteiger partial charge is 0.326 e. The minimum atomic E-state index is -1.01. The Hall–Kier alpha value is -2.63. The van der Waals surface area contributed by atoms with Gasteiger partial charge in [0.15, 0.2) is 0 Å². The Bertz CT molecular complexity index is 768. The van der Waals surface area contributed by atoms with Crippen molar-refractivity contribution in [1.29, 1.82) is 0 Å². The zero-order valence-corrected chi connectivity index (χ0v) is 15.4. The van der Waals surface area contributed by atoms with Crippen LogP contribution in [0.2, 0.25) is 0 Å². The van der Waals surface area contributed by atoms with Gasteiger partial charge in [-0.05, 0) is 26.3 Å². The maximum atomic E-state index is 12.9. The summed E-state index contributed by atoms with van der Waals surface area (Å²) in [6, 6.07) is 8.43. The first-order chi connectivity index (χ1) is 11.7. The number of aryl methyl sites for hydroxylation is 2. The molecule has 0 radical (unpaired) electrons. The summed E-state index contributed by atoms with van der Waals surface area (Å²) in [7, 11) is 3.39. The molecule has 0 aliphatic carbocycles. The first-order valence-corrected chi connectivity index (χ1v) is 8.27. The minimum Gasteiger partial charge on any atom is -0.480 e. The lowest BCUT2D eigenvalue weighted by Crippen LogP contribution is -2.45. The second-order valence-corrected chi connectivity index (χ2v) is 6.42. The lowest BCUT2D eigenvalue weighted by Gasteiger charge is -2.28. The second-order valence-electron chi connectivity index (χ2n) is 6.42. The quantitative estimate of drug-likeness (QED) is 0.873. The van der Waals surface area contributed by atoms with Gasteiger partial charge >= 0.3 is 5.97 Å². The summed E-state index contributed by atoms with van der Waals surface area (Å²) in [5.74, 6) is -1.68. The number of nitrogens with zero attached hydrogens (tertiary/aromatic N) is 3. The van der Waals surface area contributed by atoms with Crippen LogP contribution in [-0.4, -0.2) is 44.8 Å². The van der Waals surface area contributed by atoms with Gasteiger partial charge in [-0.15, -0.1) is 0 Å². The normalized spacial score (nSPS) is 13.3. The summed E-state index contributed by atoms with van der Waals surface area (Å²) in [5, 5.41) is 14.0. The van der Waals surface area contributed by atoms with Crippen LogP contribution in [-0.2, 0) is 23.1 Å². The van der Waals surface area contributed by atoms with Gasteiger partial charge in [-0.3, -0.25) is 9.48 Å². The van der Waals surface area contributed by atoms with E-state index in [0.29, 0.717) is 0 Å². The van der Waals surface area contributed by atoms with E-state index >= 15 is 0 Å². The van der Waals surface area contributed by atoms with E-state index < -0.39 is 17.9 Å². The standard InChI is InChI=1S/C19H25N3O3/c1-12(17-13(2)20-22(5)14(17)3)18(23)21(4)16(19(24)25)11-15-9-7-6-8-10-15/h6-10,12,16H,11H2,1-5H3,(H,24,25). The van der Waals surface area contributed by atoms with Crippen LogP contribution in [0.3, 0.4) is 0 Å². The number of benzene rings is 1. The van der Waals surface area contributed by atoms with Crippen molar-refractivity contribution in [3.8, 4) is 0 Å². The summed E-state index contributed by atoms with van der Waals surface area (Å²) < 4.78 is 1.74. The third-order valence-corrected chi connectivity index (χ3v) is 4.74. The molecule has 25 heavy (non-hydrogen) atoms. The highest BCUT2D eigenvalue weighted by molar-refractivity contribution is 5.88. The number of carbonyl (C=O) groups excluding carboxylic acids is 1. The van der Waals surface area contributed by atoms with Gasteiger partial charge in [0, 0.05) is 31.8 Å². The summed E-state index contributed by atoms with van der Waals surface area (Å²) in [4.78, 5) is 26.0. The third kappa shape index (κ3) is 3.90. The fourth-order valence-electron chi connectivity index (χ4n) is 3.23. The van der Waals surface area contributed by atoms with Crippen LogP contribution in [0, 0.1) is 13.8 Å². The van der Waals surface area contributed by atoms with Crippen LogP contribution < -0.4 is 0 Å². The van der Waals surface area contributed by atoms with Crippen molar-refractivity contribution in [3.63, 3.8) is 0 Å². The molecule has 1 heterocycles. The van der Waals surface area contributed by atoms with Gasteiger partial charge in [0.05, 0.1) is 11.6 Å². The largest absolute Gasteiger partial charge is 0.480 e. The fourth-order valence-corrected chi connectivity index (χ4v) is 3.23. The molecule has 2 atom stereocenters. The highest BCUT2D eigenvalue weighted by atomic mass is 16.4. The Morgan fingerprint density at radius 2 is 1.84 bits per heavy atom. The molecule has 1 aromatic carbocycles. The number of carboxylic acid groups (broad SMARTS) is 1. The van der Waals surface area contributed by atoms with E-state index in [-0.39, 0.29) is 12.3 Å². The summed E-state index contributed by atoms with van der Waals surface area (Å²) >= 11 is 0. The van der Waals surface area contributed by atoms with Gasteiger partial charge in [0.1, 0.15) is 6.04 Å². The summed E-state index contributed by atoms with van der Waals surface area (Å²) in [6.45, 7) is 5.58. The Kier molecular flexibility index (Phi) is 5.62. The van der Waals surface area contributed by atoms with Gasteiger partial charge in [-0.25, -0.2) is 4.79 Å². The van der Waals surface area contributed by atoms with Crippen LogP contribution in [0.4, 0.5) is 0 Å². The van der Waals surface area contributed by atoms with Crippen molar-refractivity contribution in [2.24, 2.45) is 7.05 Å². The Labute approximate surface area is 148 Å². The maximum absolute atomic E-state index is 12.9.